The second kappa shape index (κ2) is 1.52. The molecule has 8 bridgehead atoms. The number of hydrogen-bond donors (Lipinski definition) is 1. The van der Waals surface area contributed by atoms with Crippen molar-refractivity contribution in [3.63, 3.8) is 0 Å². The molecule has 5 saturated carbocycles. The molecule has 0 spiro atoms. The number of rotatable bonds is 1. The van der Waals surface area contributed by atoms with Crippen molar-refractivity contribution in [3.05, 3.63) is 12.2 Å². The first-order valence-corrected chi connectivity index (χ1v) is 5.82. The van der Waals surface area contributed by atoms with E-state index in [1.54, 1.807) is 0 Å². The van der Waals surface area contributed by atoms with Crippen molar-refractivity contribution in [1.82, 2.24) is 0 Å². The van der Waals surface area contributed by atoms with E-state index in [2.05, 4.69) is 12.2 Å². The summed E-state index contributed by atoms with van der Waals surface area (Å²) in [5, 5.41) is 0. The van der Waals surface area contributed by atoms with E-state index in [0.717, 1.165) is 59.8 Å². The Morgan fingerprint density at radius 3 is 1.62 bits per heavy atom. The van der Waals surface area contributed by atoms with Crippen molar-refractivity contribution in [2.45, 2.75) is 0 Å². The van der Waals surface area contributed by atoms with E-state index in [1.165, 1.54) is 0 Å². The summed E-state index contributed by atoms with van der Waals surface area (Å²) in [6.07, 6.45) is 5.11. The summed E-state index contributed by atoms with van der Waals surface area (Å²) in [4.78, 5) is 0. The molecule has 13 heavy (non-hydrogen) atoms. The van der Waals surface area contributed by atoms with E-state index in [0.29, 0.717) is 0 Å². The van der Waals surface area contributed by atoms with Gasteiger partial charge in [0.2, 0.25) is 0 Å². The van der Waals surface area contributed by atoms with Gasteiger partial charge in [-0.15, -0.1) is 0 Å². The van der Waals surface area contributed by atoms with Crippen LogP contribution in [0.1, 0.15) is 0 Å². The highest BCUT2D eigenvalue weighted by Crippen LogP contribution is 2.85. The van der Waals surface area contributed by atoms with Gasteiger partial charge in [-0.2, -0.15) is 0 Å². The van der Waals surface area contributed by atoms with Crippen LogP contribution in [0.2, 0.25) is 0 Å². The van der Waals surface area contributed by atoms with Gasteiger partial charge in [0, 0.05) is 0 Å². The Morgan fingerprint density at radius 2 is 1.23 bits per heavy atom. The second-order valence-electron chi connectivity index (χ2n) is 5.90. The van der Waals surface area contributed by atoms with E-state index < -0.39 is 0 Å². The summed E-state index contributed by atoms with van der Waals surface area (Å²) in [5.74, 6) is 9.50. The Bertz CT molecular complexity index is 284. The molecule has 0 aromatic rings. The van der Waals surface area contributed by atoms with Gasteiger partial charge in [0.25, 0.3) is 0 Å². The highest BCUT2D eigenvalue weighted by atomic mass is 14.9. The fourth-order valence-corrected chi connectivity index (χ4v) is 5.82. The summed E-state index contributed by atoms with van der Waals surface area (Å²) < 4.78 is 0. The highest BCUT2D eigenvalue weighted by molar-refractivity contribution is 5.36. The molecule has 1 heteroatoms. The molecule has 7 aliphatic rings. The molecule has 1 nitrogen and oxygen atoms in total. The first-order valence-electron chi connectivity index (χ1n) is 5.82. The van der Waals surface area contributed by atoms with Crippen LogP contribution in [-0.2, 0) is 0 Å². The molecule has 4 atom stereocenters. The van der Waals surface area contributed by atoms with Gasteiger partial charge in [-0.1, -0.05) is 12.2 Å². The topological polar surface area (TPSA) is 26.0 Å². The van der Waals surface area contributed by atoms with Crippen LogP contribution in [0.5, 0.6) is 0 Å². The van der Waals surface area contributed by atoms with Gasteiger partial charge in [-0.05, 0) is 59.8 Å². The maximum absolute atomic E-state index is 5.91. The minimum Gasteiger partial charge on any atom is -0.330 e. The molecule has 7 aliphatic carbocycles. The molecule has 2 N–H and O–H groups in total. The lowest BCUT2D eigenvalue weighted by Gasteiger charge is -2.28. The lowest BCUT2D eigenvalue weighted by Crippen LogP contribution is -2.26. The Kier molecular flexibility index (Phi) is 0.728. The van der Waals surface area contributed by atoms with Crippen molar-refractivity contribution < 1.29 is 0 Å². The van der Waals surface area contributed by atoms with Crippen molar-refractivity contribution in [2.24, 2.45) is 59.0 Å². The van der Waals surface area contributed by atoms with Crippen LogP contribution >= 0.6 is 0 Å². The van der Waals surface area contributed by atoms with E-state index in [1.807, 2.05) is 0 Å². The van der Waals surface area contributed by atoms with Crippen LogP contribution in [0, 0.1) is 53.3 Å². The first kappa shape index (κ1) is 6.23. The summed E-state index contributed by atoms with van der Waals surface area (Å²) in [6, 6.07) is 0. The summed E-state index contributed by atoms with van der Waals surface area (Å²) in [7, 11) is 0. The summed E-state index contributed by atoms with van der Waals surface area (Å²) in [6.45, 7) is 0.981. The van der Waals surface area contributed by atoms with Crippen LogP contribution in [-0.4, -0.2) is 6.54 Å². The lowest BCUT2D eigenvalue weighted by atomic mass is 9.76. The van der Waals surface area contributed by atoms with E-state index in [9.17, 15) is 0 Å². The van der Waals surface area contributed by atoms with Crippen molar-refractivity contribution in [3.8, 4) is 0 Å². The predicted molar refractivity (Wildman–Crippen MR) is 49.6 cm³/mol. The summed E-state index contributed by atoms with van der Waals surface area (Å²) >= 11 is 0. The first-order chi connectivity index (χ1) is 6.43. The Morgan fingerprint density at radius 1 is 0.769 bits per heavy atom. The molecule has 68 valence electrons. The quantitative estimate of drug-likeness (QED) is 0.591. The van der Waals surface area contributed by atoms with Gasteiger partial charge in [-0.3, -0.25) is 0 Å². The molecule has 0 radical (unpaired) electrons. The smallest absolute Gasteiger partial charge is 0.00431 e. The largest absolute Gasteiger partial charge is 0.330 e. The third-order valence-corrected chi connectivity index (χ3v) is 5.98. The predicted octanol–water partition coefficient (Wildman–Crippen LogP) is 1.12. The maximum atomic E-state index is 5.91. The monoisotopic (exact) mass is 173 g/mol. The molecule has 0 aromatic carbocycles. The van der Waals surface area contributed by atoms with E-state index >= 15 is 0 Å². The SMILES string of the molecule is NCC1C2C3C4C=CC(C32)C2C4C12. The van der Waals surface area contributed by atoms with Gasteiger partial charge in [-0.25, -0.2) is 0 Å². The lowest BCUT2D eigenvalue weighted by molar-refractivity contribution is 0.276. The average Bonchev–Trinajstić information content (AvgIpc) is 3.02. The highest BCUT2D eigenvalue weighted by Gasteiger charge is 2.82. The fraction of sp³-hybridized carbons (Fsp3) is 0.833. The van der Waals surface area contributed by atoms with Gasteiger partial charge in [0.15, 0.2) is 0 Å². The molecule has 0 aromatic heterocycles. The second-order valence-corrected chi connectivity index (χ2v) is 5.90. The zero-order valence-electron chi connectivity index (χ0n) is 7.64. The zero-order valence-corrected chi connectivity index (χ0v) is 7.64. The molecule has 5 fully saturated rings. The standard InChI is InChI=1S/C12H15N/c13-3-6-11-7-4-1-2-5(9(7)11)10-8(4)12(6)10/h1-2,4-12H,3,13H2. The molecule has 0 heterocycles. The van der Waals surface area contributed by atoms with E-state index in [-0.39, 0.29) is 0 Å². The normalized spacial score (nSPS) is 78.4. The fourth-order valence-electron chi connectivity index (χ4n) is 5.82. The molecule has 7 rings (SSSR count). The van der Waals surface area contributed by atoms with Crippen LogP contribution in [0.15, 0.2) is 12.2 Å². The molecule has 0 saturated heterocycles. The Labute approximate surface area is 78.4 Å². The zero-order chi connectivity index (χ0) is 8.32. The minimum absolute atomic E-state index is 0.942. The maximum Gasteiger partial charge on any atom is -0.00431 e. The number of nitrogens with two attached hydrogens (primary N) is 1. The third-order valence-electron chi connectivity index (χ3n) is 5.98. The third kappa shape index (κ3) is 0.428. The van der Waals surface area contributed by atoms with Crippen molar-refractivity contribution in [1.29, 1.82) is 0 Å². The number of allylic oxidation sites excluding steroid dienone is 2. The van der Waals surface area contributed by atoms with Crippen molar-refractivity contribution in [2.75, 3.05) is 6.54 Å². The average molecular weight is 173 g/mol. The summed E-state index contributed by atoms with van der Waals surface area (Å²) in [5.41, 5.74) is 5.91. The van der Waals surface area contributed by atoms with Gasteiger partial charge >= 0.3 is 0 Å². The van der Waals surface area contributed by atoms with E-state index in [4.69, 9.17) is 5.73 Å². The molecule has 4 unspecified atom stereocenters. The van der Waals surface area contributed by atoms with Crippen LogP contribution in [0.4, 0.5) is 0 Å². The van der Waals surface area contributed by atoms with Crippen molar-refractivity contribution >= 4 is 0 Å². The van der Waals surface area contributed by atoms with Crippen LogP contribution in [0.25, 0.3) is 0 Å². The molecular formula is C12H15N. The molecular weight excluding hydrogens is 158 g/mol. The molecule has 0 amide bonds. The Balaban J connectivity index is 1.72. The van der Waals surface area contributed by atoms with Crippen LogP contribution < -0.4 is 5.73 Å². The van der Waals surface area contributed by atoms with Gasteiger partial charge in [0.05, 0.1) is 0 Å². The van der Waals surface area contributed by atoms with Gasteiger partial charge < -0.3 is 5.73 Å². The Hall–Kier alpha value is -0.300. The minimum atomic E-state index is 0.942. The number of hydrogen-bond acceptors (Lipinski definition) is 1. The molecule has 0 aliphatic heterocycles. The van der Waals surface area contributed by atoms with Crippen LogP contribution in [0.3, 0.4) is 0 Å². The van der Waals surface area contributed by atoms with Gasteiger partial charge in [0.1, 0.15) is 0 Å².